The predicted molar refractivity (Wildman–Crippen MR) is 238 cm³/mol. The summed E-state index contributed by atoms with van der Waals surface area (Å²) in [5.41, 5.74) is 5.41. The molecule has 9 aromatic carbocycles. The van der Waals surface area contributed by atoms with Crippen molar-refractivity contribution in [2.75, 3.05) is 5.32 Å². The maximum absolute atomic E-state index is 5.48. The zero-order valence-electron chi connectivity index (χ0n) is 29.4. The zero-order chi connectivity index (χ0) is 36.0. The Bertz CT molecular complexity index is 3530. The van der Waals surface area contributed by atoms with Gasteiger partial charge in [0.1, 0.15) is 4.83 Å². The van der Waals surface area contributed by atoms with Crippen molar-refractivity contribution in [1.82, 2.24) is 9.97 Å². The average Bonchev–Trinajstić information content (AvgIpc) is 3.82. The summed E-state index contributed by atoms with van der Waals surface area (Å²) >= 11 is 3.59. The number of hydrogen-bond donors (Lipinski definition) is 1. The van der Waals surface area contributed by atoms with Gasteiger partial charge in [-0.3, -0.25) is 0 Å². The summed E-state index contributed by atoms with van der Waals surface area (Å²) in [6.07, 6.45) is 0. The van der Waals surface area contributed by atoms with Crippen LogP contribution in [0.5, 0.6) is 0 Å². The fourth-order valence-electron chi connectivity index (χ4n) is 8.79. The molecule has 0 bridgehead atoms. The highest BCUT2D eigenvalue weighted by Crippen LogP contribution is 2.47. The van der Waals surface area contributed by atoms with Crippen molar-refractivity contribution in [2.45, 2.75) is 0 Å². The summed E-state index contributed by atoms with van der Waals surface area (Å²) in [4.78, 5) is 11.7. The molecule has 12 aromatic rings. The minimum atomic E-state index is 0.581. The first-order valence-corrected chi connectivity index (χ1v) is 20.1. The van der Waals surface area contributed by atoms with Gasteiger partial charge in [0.2, 0.25) is 5.95 Å². The molecule has 5 heteroatoms. The molecule has 55 heavy (non-hydrogen) atoms. The van der Waals surface area contributed by atoms with Crippen molar-refractivity contribution in [2.24, 2.45) is 0 Å². The molecule has 12 rings (SSSR count). The molecule has 0 fully saturated rings. The van der Waals surface area contributed by atoms with Crippen LogP contribution in [0.4, 0.5) is 11.6 Å². The summed E-state index contributed by atoms with van der Waals surface area (Å²) in [5.74, 6) is 0.581. The molecule has 0 aliphatic carbocycles. The molecule has 0 spiro atoms. The highest BCUT2D eigenvalue weighted by Gasteiger charge is 2.21. The molecule has 0 aliphatic heterocycles. The van der Waals surface area contributed by atoms with E-state index in [1.54, 1.807) is 11.3 Å². The quantitative estimate of drug-likeness (QED) is 0.196. The van der Waals surface area contributed by atoms with Gasteiger partial charge in [-0.2, -0.15) is 0 Å². The van der Waals surface area contributed by atoms with Crippen LogP contribution in [0.25, 0.3) is 106 Å². The summed E-state index contributed by atoms with van der Waals surface area (Å²) in [6.45, 7) is 0. The molecule has 256 valence electrons. The standard InChI is InChI=1S/C50H29N3S2/c1-2-13-29(14-3-1)30-27-28-37(34-18-7-4-15-31(30)34)48-47-38-19-8-9-24-41(38)55-49(47)53-50(52-48)51-40-23-10-20-35-32-16-5-6-17-33(32)36-21-11-25-42-45(36)46-39(44(35)40)22-12-26-43(46)54-42/h1-28H,(H,51,52,53). The molecule has 3 nitrogen and oxygen atoms in total. The number of nitrogens with zero attached hydrogens (tertiary/aromatic N) is 2. The van der Waals surface area contributed by atoms with E-state index in [0.29, 0.717) is 5.95 Å². The van der Waals surface area contributed by atoms with E-state index in [1.165, 1.54) is 79.1 Å². The zero-order valence-corrected chi connectivity index (χ0v) is 31.0. The van der Waals surface area contributed by atoms with Gasteiger partial charge in [0, 0.05) is 52.3 Å². The smallest absolute Gasteiger partial charge is 0.229 e. The van der Waals surface area contributed by atoms with Crippen LogP contribution in [-0.2, 0) is 0 Å². The Morgan fingerprint density at radius 3 is 1.65 bits per heavy atom. The minimum absolute atomic E-state index is 0.581. The van der Waals surface area contributed by atoms with Crippen LogP contribution in [0.15, 0.2) is 170 Å². The summed E-state index contributed by atoms with van der Waals surface area (Å²) in [7, 11) is 0. The fourth-order valence-corrected chi connectivity index (χ4v) is 11.0. The number of nitrogens with one attached hydrogen (secondary N) is 1. The van der Waals surface area contributed by atoms with Gasteiger partial charge in [0.05, 0.1) is 5.69 Å². The summed E-state index contributed by atoms with van der Waals surface area (Å²) < 4.78 is 3.79. The van der Waals surface area contributed by atoms with E-state index >= 15 is 0 Å². The first kappa shape index (κ1) is 30.8. The van der Waals surface area contributed by atoms with Crippen molar-refractivity contribution < 1.29 is 0 Å². The lowest BCUT2D eigenvalue weighted by Crippen LogP contribution is -2.00. The molecule has 0 atom stereocenters. The molecule has 3 heterocycles. The van der Waals surface area contributed by atoms with Crippen LogP contribution in [0.2, 0.25) is 0 Å². The highest BCUT2D eigenvalue weighted by atomic mass is 32.1. The van der Waals surface area contributed by atoms with Gasteiger partial charge < -0.3 is 5.32 Å². The predicted octanol–water partition coefficient (Wildman–Crippen LogP) is 14.9. The van der Waals surface area contributed by atoms with Gasteiger partial charge in [-0.25, -0.2) is 9.97 Å². The van der Waals surface area contributed by atoms with Crippen molar-refractivity contribution >= 4 is 118 Å². The van der Waals surface area contributed by atoms with Gasteiger partial charge in [0.15, 0.2) is 0 Å². The third-order valence-corrected chi connectivity index (χ3v) is 13.3. The van der Waals surface area contributed by atoms with Crippen LogP contribution in [0, 0.1) is 0 Å². The van der Waals surface area contributed by atoms with Gasteiger partial charge in [-0.15, -0.1) is 22.7 Å². The number of aromatic nitrogens is 2. The maximum atomic E-state index is 5.48. The van der Waals surface area contributed by atoms with E-state index in [2.05, 4.69) is 175 Å². The van der Waals surface area contributed by atoms with E-state index in [1.807, 2.05) is 11.3 Å². The highest BCUT2D eigenvalue weighted by molar-refractivity contribution is 7.26. The Hall–Kier alpha value is -6.66. The Morgan fingerprint density at radius 1 is 0.345 bits per heavy atom. The Labute approximate surface area is 323 Å². The molecular formula is C50H29N3S2. The van der Waals surface area contributed by atoms with Crippen LogP contribution in [0.3, 0.4) is 0 Å². The van der Waals surface area contributed by atoms with E-state index in [4.69, 9.17) is 9.97 Å². The average molecular weight is 736 g/mol. The molecule has 0 radical (unpaired) electrons. The summed E-state index contributed by atoms with van der Waals surface area (Å²) in [6, 6.07) is 61.4. The van der Waals surface area contributed by atoms with Crippen LogP contribution in [0.1, 0.15) is 0 Å². The van der Waals surface area contributed by atoms with Gasteiger partial charge in [0.25, 0.3) is 0 Å². The lowest BCUT2D eigenvalue weighted by molar-refractivity contribution is 1.23. The lowest BCUT2D eigenvalue weighted by Gasteiger charge is -2.15. The second-order valence-corrected chi connectivity index (χ2v) is 16.2. The third-order valence-electron chi connectivity index (χ3n) is 11.1. The van der Waals surface area contributed by atoms with Crippen LogP contribution in [-0.4, -0.2) is 9.97 Å². The van der Waals surface area contributed by atoms with E-state index < -0.39 is 0 Å². The van der Waals surface area contributed by atoms with Crippen molar-refractivity contribution in [3.8, 4) is 22.4 Å². The van der Waals surface area contributed by atoms with Crippen molar-refractivity contribution in [3.63, 3.8) is 0 Å². The molecule has 1 N–H and O–H groups in total. The van der Waals surface area contributed by atoms with Crippen LogP contribution < -0.4 is 5.32 Å². The lowest BCUT2D eigenvalue weighted by atomic mass is 9.93. The second-order valence-electron chi connectivity index (χ2n) is 14.1. The molecule has 3 aromatic heterocycles. The third kappa shape index (κ3) is 4.61. The number of thiophene rings is 2. The van der Waals surface area contributed by atoms with Gasteiger partial charge in [-0.1, -0.05) is 146 Å². The monoisotopic (exact) mass is 735 g/mol. The molecule has 0 saturated carbocycles. The number of anilines is 2. The van der Waals surface area contributed by atoms with E-state index in [9.17, 15) is 0 Å². The Balaban J connectivity index is 1.15. The molecule has 0 aliphatic rings. The largest absolute Gasteiger partial charge is 0.324 e. The summed E-state index contributed by atoms with van der Waals surface area (Å²) in [5, 5.41) is 18.4. The topological polar surface area (TPSA) is 37.8 Å². The number of fused-ring (bicyclic) bond motifs is 9. The Kier molecular flexibility index (Phi) is 6.67. The molecular weight excluding hydrogens is 707 g/mol. The number of rotatable bonds is 4. The van der Waals surface area contributed by atoms with E-state index in [-0.39, 0.29) is 0 Å². The molecule has 0 saturated heterocycles. The molecule has 0 amide bonds. The SMILES string of the molecule is c1ccc(-c2ccc(-c3nc(Nc4cccc5c6ccccc6c6cccc7sc8cccc(c45)c8c76)nc4sc5ccccc5c34)c3ccccc23)cc1. The number of hydrogen-bond acceptors (Lipinski definition) is 5. The van der Waals surface area contributed by atoms with Crippen LogP contribution >= 0.6 is 22.7 Å². The van der Waals surface area contributed by atoms with Crippen molar-refractivity contribution in [3.05, 3.63) is 170 Å². The first-order chi connectivity index (χ1) is 27.3. The second kappa shape index (κ2) is 11.9. The first-order valence-electron chi connectivity index (χ1n) is 18.5. The number of benzene rings is 8. The normalized spacial score (nSPS) is 12.0. The minimum Gasteiger partial charge on any atom is -0.324 e. The van der Waals surface area contributed by atoms with E-state index in [0.717, 1.165) is 32.5 Å². The Morgan fingerprint density at radius 2 is 0.891 bits per heavy atom. The molecule has 0 unspecified atom stereocenters. The maximum Gasteiger partial charge on any atom is 0.229 e. The van der Waals surface area contributed by atoms with Crippen molar-refractivity contribution in [1.29, 1.82) is 0 Å². The van der Waals surface area contributed by atoms with Gasteiger partial charge >= 0.3 is 0 Å². The van der Waals surface area contributed by atoms with Gasteiger partial charge in [-0.05, 0) is 73.1 Å². The fraction of sp³-hybridized carbons (Fsp3) is 0.